The fourth-order valence-electron chi connectivity index (χ4n) is 2.03. The summed E-state index contributed by atoms with van der Waals surface area (Å²) in [6, 6.07) is 4.28. The normalized spacial score (nSPS) is 11.7. The molecule has 2 heterocycles. The van der Waals surface area contributed by atoms with Gasteiger partial charge in [-0.3, -0.25) is 4.68 Å². The molecule has 0 saturated heterocycles. The highest BCUT2D eigenvalue weighted by Crippen LogP contribution is 2.09. The van der Waals surface area contributed by atoms with Crippen LogP contribution in [-0.4, -0.2) is 40.8 Å². The Bertz CT molecular complexity index is 558. The molecular weight excluding hydrogens is 282 g/mol. The summed E-state index contributed by atoms with van der Waals surface area (Å²) in [4.78, 5) is 8.27. The van der Waals surface area contributed by atoms with Crippen molar-refractivity contribution in [3.63, 3.8) is 0 Å². The first kappa shape index (κ1) is 15.6. The Morgan fingerprint density at radius 3 is 3.00 bits per heavy atom. The molecule has 2 aromatic rings. The van der Waals surface area contributed by atoms with Gasteiger partial charge in [0.1, 0.15) is 0 Å². The summed E-state index contributed by atoms with van der Waals surface area (Å²) >= 11 is 1.80. The van der Waals surface area contributed by atoms with Crippen molar-refractivity contribution in [1.29, 1.82) is 0 Å². The number of aromatic nitrogens is 2. The van der Waals surface area contributed by atoms with E-state index in [1.807, 2.05) is 19.4 Å². The van der Waals surface area contributed by atoms with Crippen LogP contribution in [0.25, 0.3) is 0 Å². The molecule has 0 aliphatic carbocycles. The second-order valence-electron chi connectivity index (χ2n) is 4.94. The van der Waals surface area contributed by atoms with Gasteiger partial charge in [0.25, 0.3) is 0 Å². The average Bonchev–Trinajstić information content (AvgIpc) is 3.12. The molecule has 2 aromatic heterocycles. The number of aryl methyl sites for hydroxylation is 1. The first-order valence-electron chi connectivity index (χ1n) is 7.18. The molecule has 0 radical (unpaired) electrons. The second-order valence-corrected chi connectivity index (χ2v) is 5.98. The molecule has 0 bridgehead atoms. The van der Waals surface area contributed by atoms with Gasteiger partial charge in [-0.15, -0.1) is 11.3 Å². The van der Waals surface area contributed by atoms with Crippen molar-refractivity contribution in [2.45, 2.75) is 19.9 Å². The van der Waals surface area contributed by atoms with Crippen LogP contribution in [0.5, 0.6) is 0 Å². The number of rotatable bonds is 6. The van der Waals surface area contributed by atoms with Gasteiger partial charge >= 0.3 is 0 Å². The Morgan fingerprint density at radius 2 is 2.38 bits per heavy atom. The molecule has 5 nitrogen and oxygen atoms in total. The maximum absolute atomic E-state index is 4.68. The van der Waals surface area contributed by atoms with Crippen LogP contribution in [0.15, 0.2) is 34.9 Å². The van der Waals surface area contributed by atoms with Gasteiger partial charge in [0.2, 0.25) is 0 Å². The van der Waals surface area contributed by atoms with Gasteiger partial charge < -0.3 is 10.2 Å². The largest absolute Gasteiger partial charge is 0.357 e. The second kappa shape index (κ2) is 7.83. The SMILES string of the molecule is CCNC(=NCc1cnn(C)c1)N(C)CCc1cccs1. The highest BCUT2D eigenvalue weighted by molar-refractivity contribution is 7.09. The molecule has 114 valence electrons. The van der Waals surface area contributed by atoms with Crippen LogP contribution in [0.3, 0.4) is 0 Å². The lowest BCUT2D eigenvalue weighted by molar-refractivity contribution is 0.486. The molecule has 0 aromatic carbocycles. The van der Waals surface area contributed by atoms with Gasteiger partial charge in [0.15, 0.2) is 5.96 Å². The Kier molecular flexibility index (Phi) is 5.80. The zero-order valence-electron chi connectivity index (χ0n) is 12.9. The van der Waals surface area contributed by atoms with Crippen LogP contribution >= 0.6 is 11.3 Å². The number of likely N-dealkylation sites (N-methyl/N-ethyl adjacent to an activating group) is 1. The minimum Gasteiger partial charge on any atom is -0.357 e. The number of hydrogen-bond donors (Lipinski definition) is 1. The number of hydrogen-bond acceptors (Lipinski definition) is 3. The third kappa shape index (κ3) is 4.90. The number of guanidine groups is 1. The lowest BCUT2D eigenvalue weighted by Gasteiger charge is -2.21. The Labute approximate surface area is 130 Å². The van der Waals surface area contributed by atoms with E-state index in [0.717, 1.165) is 31.0 Å². The van der Waals surface area contributed by atoms with Gasteiger partial charge in [-0.25, -0.2) is 4.99 Å². The number of nitrogens with zero attached hydrogens (tertiary/aromatic N) is 4. The maximum Gasteiger partial charge on any atom is 0.193 e. The third-order valence-electron chi connectivity index (χ3n) is 3.14. The first-order chi connectivity index (χ1) is 10.2. The quantitative estimate of drug-likeness (QED) is 0.657. The lowest BCUT2D eigenvalue weighted by Crippen LogP contribution is -2.39. The smallest absolute Gasteiger partial charge is 0.193 e. The summed E-state index contributed by atoms with van der Waals surface area (Å²) in [5, 5.41) is 9.63. The van der Waals surface area contributed by atoms with Crippen LogP contribution in [0.4, 0.5) is 0 Å². The monoisotopic (exact) mass is 305 g/mol. The summed E-state index contributed by atoms with van der Waals surface area (Å²) in [6.45, 7) is 4.57. The van der Waals surface area contributed by atoms with Crippen molar-refractivity contribution < 1.29 is 0 Å². The van der Waals surface area contributed by atoms with E-state index in [1.54, 1.807) is 16.0 Å². The van der Waals surface area contributed by atoms with Gasteiger partial charge in [-0.05, 0) is 24.8 Å². The van der Waals surface area contributed by atoms with Gasteiger partial charge in [-0.1, -0.05) is 6.07 Å². The minimum atomic E-state index is 0.652. The van der Waals surface area contributed by atoms with Crippen molar-refractivity contribution in [2.75, 3.05) is 20.1 Å². The van der Waals surface area contributed by atoms with Gasteiger partial charge in [0, 0.05) is 43.8 Å². The highest BCUT2D eigenvalue weighted by atomic mass is 32.1. The molecule has 0 fully saturated rings. The zero-order valence-corrected chi connectivity index (χ0v) is 13.7. The van der Waals surface area contributed by atoms with Crippen molar-refractivity contribution in [1.82, 2.24) is 20.0 Å². The molecule has 1 N–H and O–H groups in total. The molecule has 0 amide bonds. The molecule has 21 heavy (non-hydrogen) atoms. The van der Waals surface area contributed by atoms with Crippen LogP contribution in [0.2, 0.25) is 0 Å². The van der Waals surface area contributed by atoms with Gasteiger partial charge in [-0.2, -0.15) is 5.10 Å². The fraction of sp³-hybridized carbons (Fsp3) is 0.467. The number of aliphatic imine (C=N–C) groups is 1. The predicted molar refractivity (Wildman–Crippen MR) is 88.7 cm³/mol. The van der Waals surface area contributed by atoms with E-state index in [4.69, 9.17) is 0 Å². The summed E-state index contributed by atoms with van der Waals surface area (Å²) < 4.78 is 1.80. The van der Waals surface area contributed by atoms with E-state index < -0.39 is 0 Å². The topological polar surface area (TPSA) is 45.5 Å². The van der Waals surface area contributed by atoms with Crippen molar-refractivity contribution in [3.05, 3.63) is 40.3 Å². The Hall–Kier alpha value is -1.82. The maximum atomic E-state index is 4.68. The Morgan fingerprint density at radius 1 is 1.52 bits per heavy atom. The van der Waals surface area contributed by atoms with Crippen LogP contribution < -0.4 is 5.32 Å². The molecule has 0 aliphatic heterocycles. The van der Waals surface area contributed by atoms with Crippen LogP contribution in [0, 0.1) is 0 Å². The van der Waals surface area contributed by atoms with E-state index in [0.29, 0.717) is 6.54 Å². The molecule has 2 rings (SSSR count). The van der Waals surface area contributed by atoms with Gasteiger partial charge in [0.05, 0.1) is 12.7 Å². The molecule has 6 heteroatoms. The standard InChI is InChI=1S/C15H23N5S/c1-4-16-15(17-10-13-11-18-20(3)12-13)19(2)8-7-14-6-5-9-21-14/h5-6,9,11-12H,4,7-8,10H2,1-3H3,(H,16,17). The number of thiophene rings is 1. The summed E-state index contributed by atoms with van der Waals surface area (Å²) in [6.07, 6.45) is 4.91. The van der Waals surface area contributed by atoms with Crippen LogP contribution in [0.1, 0.15) is 17.4 Å². The fourth-order valence-corrected chi connectivity index (χ4v) is 2.73. The summed E-state index contributed by atoms with van der Waals surface area (Å²) in [7, 11) is 4.00. The van der Waals surface area contributed by atoms with E-state index >= 15 is 0 Å². The molecule has 0 saturated carbocycles. The molecule has 0 spiro atoms. The molecule has 0 unspecified atom stereocenters. The van der Waals surface area contributed by atoms with Crippen molar-refractivity contribution in [2.24, 2.45) is 12.0 Å². The van der Waals surface area contributed by atoms with Crippen molar-refractivity contribution >= 4 is 17.3 Å². The summed E-state index contributed by atoms with van der Waals surface area (Å²) in [5.74, 6) is 0.943. The first-order valence-corrected chi connectivity index (χ1v) is 8.06. The predicted octanol–water partition coefficient (Wildman–Crippen LogP) is 2.12. The number of nitrogens with one attached hydrogen (secondary N) is 1. The third-order valence-corrected chi connectivity index (χ3v) is 4.08. The van der Waals surface area contributed by atoms with E-state index in [1.165, 1.54) is 4.88 Å². The Balaban J connectivity index is 1.92. The molecule has 0 atom stereocenters. The van der Waals surface area contributed by atoms with E-state index in [9.17, 15) is 0 Å². The highest BCUT2D eigenvalue weighted by Gasteiger charge is 2.06. The minimum absolute atomic E-state index is 0.652. The lowest BCUT2D eigenvalue weighted by atomic mass is 10.3. The zero-order chi connectivity index (χ0) is 15.1. The van der Waals surface area contributed by atoms with E-state index in [-0.39, 0.29) is 0 Å². The molecule has 0 aliphatic rings. The summed E-state index contributed by atoms with van der Waals surface area (Å²) in [5.41, 5.74) is 1.12. The average molecular weight is 305 g/mol. The van der Waals surface area contributed by atoms with Crippen LogP contribution in [-0.2, 0) is 20.0 Å². The van der Waals surface area contributed by atoms with E-state index in [2.05, 4.69) is 51.8 Å². The van der Waals surface area contributed by atoms with Crippen molar-refractivity contribution in [3.8, 4) is 0 Å². The molecular formula is C15H23N5S.